The minimum Gasteiger partial charge on any atom is -0.357 e. The minimum absolute atomic E-state index is 0. The summed E-state index contributed by atoms with van der Waals surface area (Å²) < 4.78 is 0. The predicted octanol–water partition coefficient (Wildman–Crippen LogP) is 3.76. The van der Waals surface area contributed by atoms with Crippen LogP contribution in [-0.2, 0) is 0 Å². The summed E-state index contributed by atoms with van der Waals surface area (Å²) in [5.41, 5.74) is 0. The fraction of sp³-hybridized carbons (Fsp3) is 0.947. The molecule has 2 N–H and O–H groups in total. The molecule has 2 saturated carbocycles. The van der Waals surface area contributed by atoms with Crippen molar-refractivity contribution in [3.63, 3.8) is 0 Å². The van der Waals surface area contributed by atoms with Gasteiger partial charge in [-0.15, -0.1) is 24.0 Å². The van der Waals surface area contributed by atoms with Crippen LogP contribution in [0.2, 0.25) is 0 Å². The third-order valence-corrected chi connectivity index (χ3v) is 5.81. The Morgan fingerprint density at radius 3 is 2.33 bits per heavy atom. The molecule has 2 aliphatic carbocycles. The van der Waals surface area contributed by atoms with Crippen LogP contribution in [0.3, 0.4) is 0 Å². The number of aliphatic imine (C=N–C) groups is 1. The summed E-state index contributed by atoms with van der Waals surface area (Å²) >= 11 is 0. The van der Waals surface area contributed by atoms with Gasteiger partial charge in [-0.05, 0) is 44.9 Å². The average Bonchev–Trinajstić information content (AvgIpc) is 3.41. The van der Waals surface area contributed by atoms with Crippen LogP contribution >= 0.6 is 24.0 Å². The molecule has 1 heterocycles. The number of guanidine groups is 1. The molecule has 0 aromatic carbocycles. The van der Waals surface area contributed by atoms with E-state index in [0.717, 1.165) is 31.0 Å². The lowest BCUT2D eigenvalue weighted by Gasteiger charge is -2.39. The number of nitrogens with one attached hydrogen (secondary N) is 2. The van der Waals surface area contributed by atoms with Crippen molar-refractivity contribution < 1.29 is 0 Å². The first kappa shape index (κ1) is 20.3. The highest BCUT2D eigenvalue weighted by Gasteiger charge is 2.26. The normalized spacial score (nSPS) is 24.5. The van der Waals surface area contributed by atoms with Crippen LogP contribution in [0.5, 0.6) is 0 Å². The quantitative estimate of drug-likeness (QED) is 0.369. The molecule has 140 valence electrons. The van der Waals surface area contributed by atoms with Crippen LogP contribution in [-0.4, -0.2) is 49.1 Å². The highest BCUT2D eigenvalue weighted by molar-refractivity contribution is 14.0. The van der Waals surface area contributed by atoms with Gasteiger partial charge in [0.25, 0.3) is 0 Å². The van der Waals surface area contributed by atoms with Gasteiger partial charge in [0.15, 0.2) is 5.96 Å². The van der Waals surface area contributed by atoms with E-state index in [9.17, 15) is 0 Å². The maximum absolute atomic E-state index is 4.78. The van der Waals surface area contributed by atoms with Crippen LogP contribution < -0.4 is 10.6 Å². The van der Waals surface area contributed by atoms with E-state index in [2.05, 4.69) is 22.5 Å². The summed E-state index contributed by atoms with van der Waals surface area (Å²) in [6.07, 6.45) is 13.9. The van der Waals surface area contributed by atoms with Gasteiger partial charge in [0.05, 0.1) is 0 Å². The summed E-state index contributed by atoms with van der Waals surface area (Å²) in [6, 6.07) is 1.48. The van der Waals surface area contributed by atoms with Crippen LogP contribution in [0.25, 0.3) is 0 Å². The zero-order valence-corrected chi connectivity index (χ0v) is 17.8. The molecule has 3 fully saturated rings. The molecule has 1 aliphatic heterocycles. The number of rotatable bonds is 6. The van der Waals surface area contributed by atoms with E-state index in [0.29, 0.717) is 6.04 Å². The van der Waals surface area contributed by atoms with Crippen molar-refractivity contribution in [2.75, 3.05) is 26.2 Å². The van der Waals surface area contributed by atoms with Crippen molar-refractivity contribution in [2.24, 2.45) is 10.9 Å². The van der Waals surface area contributed by atoms with Gasteiger partial charge < -0.3 is 15.5 Å². The third kappa shape index (κ3) is 6.70. The van der Waals surface area contributed by atoms with Gasteiger partial charge in [-0.2, -0.15) is 0 Å². The smallest absolute Gasteiger partial charge is 0.191 e. The van der Waals surface area contributed by atoms with Gasteiger partial charge in [-0.3, -0.25) is 4.99 Å². The second-order valence-electron chi connectivity index (χ2n) is 7.74. The Labute approximate surface area is 165 Å². The lowest BCUT2D eigenvalue weighted by atomic mass is 9.92. The van der Waals surface area contributed by atoms with Crippen molar-refractivity contribution in [1.82, 2.24) is 15.5 Å². The number of halogens is 1. The standard InChI is InChI=1S/C19H36N4.HI/c1-2-20-19(21-13-10-16-8-9-16)22-17-11-14-23(15-12-17)18-6-4-3-5-7-18;/h16-18H,2-15H2,1H3,(H2,20,21,22);1H. The Hall–Kier alpha value is -0.0400. The number of piperidine rings is 1. The van der Waals surface area contributed by atoms with Crippen LogP contribution in [0.1, 0.15) is 71.1 Å². The maximum Gasteiger partial charge on any atom is 0.191 e. The first-order valence-corrected chi connectivity index (χ1v) is 10.1. The van der Waals surface area contributed by atoms with E-state index in [1.165, 1.54) is 77.3 Å². The summed E-state index contributed by atoms with van der Waals surface area (Å²) in [4.78, 5) is 7.54. The molecule has 3 aliphatic rings. The molecule has 0 amide bonds. The van der Waals surface area contributed by atoms with Gasteiger partial charge in [0.2, 0.25) is 0 Å². The van der Waals surface area contributed by atoms with Crippen molar-refractivity contribution in [2.45, 2.75) is 83.2 Å². The first-order valence-electron chi connectivity index (χ1n) is 10.1. The minimum atomic E-state index is 0. The molecule has 0 radical (unpaired) electrons. The second kappa shape index (κ2) is 10.8. The van der Waals surface area contributed by atoms with E-state index in [4.69, 9.17) is 4.99 Å². The Balaban J connectivity index is 0.00000208. The molecule has 0 aromatic rings. The van der Waals surface area contributed by atoms with Gasteiger partial charge >= 0.3 is 0 Å². The summed E-state index contributed by atoms with van der Waals surface area (Å²) in [6.45, 7) is 6.63. The molecule has 5 heteroatoms. The SMILES string of the molecule is CCNC(=NCCC1CC1)NC1CCN(C2CCCCC2)CC1.I. The topological polar surface area (TPSA) is 39.7 Å². The Bertz CT molecular complexity index is 370. The van der Waals surface area contributed by atoms with Crippen molar-refractivity contribution in [3.05, 3.63) is 0 Å². The predicted molar refractivity (Wildman–Crippen MR) is 113 cm³/mol. The fourth-order valence-electron chi connectivity index (χ4n) is 4.13. The Morgan fingerprint density at radius 1 is 1.00 bits per heavy atom. The zero-order valence-electron chi connectivity index (χ0n) is 15.4. The lowest BCUT2D eigenvalue weighted by molar-refractivity contribution is 0.119. The van der Waals surface area contributed by atoms with Gasteiger partial charge in [-0.1, -0.05) is 32.1 Å². The van der Waals surface area contributed by atoms with E-state index in [1.807, 2.05) is 0 Å². The molecule has 0 unspecified atom stereocenters. The summed E-state index contributed by atoms with van der Waals surface area (Å²) in [7, 11) is 0. The summed E-state index contributed by atoms with van der Waals surface area (Å²) in [5.74, 6) is 2.02. The molecule has 4 nitrogen and oxygen atoms in total. The lowest BCUT2D eigenvalue weighted by Crippen LogP contribution is -2.51. The molecule has 0 spiro atoms. The van der Waals surface area contributed by atoms with E-state index in [-0.39, 0.29) is 24.0 Å². The third-order valence-electron chi connectivity index (χ3n) is 5.81. The molecule has 24 heavy (non-hydrogen) atoms. The first-order chi connectivity index (χ1) is 11.3. The largest absolute Gasteiger partial charge is 0.357 e. The van der Waals surface area contributed by atoms with Crippen LogP contribution in [0.15, 0.2) is 4.99 Å². The van der Waals surface area contributed by atoms with Gasteiger partial charge in [0.1, 0.15) is 0 Å². The number of nitrogens with zero attached hydrogens (tertiary/aromatic N) is 2. The molecular weight excluding hydrogens is 411 g/mol. The van der Waals surface area contributed by atoms with Crippen molar-refractivity contribution in [1.29, 1.82) is 0 Å². The summed E-state index contributed by atoms with van der Waals surface area (Å²) in [5, 5.41) is 7.11. The van der Waals surface area contributed by atoms with Crippen molar-refractivity contribution in [3.8, 4) is 0 Å². The molecular formula is C19H37IN4. The molecule has 1 saturated heterocycles. The number of hydrogen-bond acceptors (Lipinski definition) is 2. The van der Waals surface area contributed by atoms with Gasteiger partial charge in [0, 0.05) is 38.3 Å². The molecule has 0 atom stereocenters. The molecule has 0 bridgehead atoms. The molecule has 0 aromatic heterocycles. The highest BCUT2D eigenvalue weighted by atomic mass is 127. The molecule has 3 rings (SSSR count). The van der Waals surface area contributed by atoms with Crippen LogP contribution in [0, 0.1) is 5.92 Å². The zero-order chi connectivity index (χ0) is 15.9. The average molecular weight is 448 g/mol. The highest BCUT2D eigenvalue weighted by Crippen LogP contribution is 2.32. The van der Waals surface area contributed by atoms with Crippen molar-refractivity contribution >= 4 is 29.9 Å². The fourth-order valence-corrected chi connectivity index (χ4v) is 4.13. The Morgan fingerprint density at radius 2 is 1.71 bits per heavy atom. The maximum atomic E-state index is 4.78. The van der Waals surface area contributed by atoms with Crippen LogP contribution in [0.4, 0.5) is 0 Å². The van der Waals surface area contributed by atoms with Gasteiger partial charge in [-0.25, -0.2) is 0 Å². The second-order valence-corrected chi connectivity index (χ2v) is 7.74. The number of likely N-dealkylation sites (tertiary alicyclic amines) is 1. The number of hydrogen-bond donors (Lipinski definition) is 2. The monoisotopic (exact) mass is 448 g/mol. The van der Waals surface area contributed by atoms with E-state index < -0.39 is 0 Å². The Kier molecular flexibility index (Phi) is 9.16. The van der Waals surface area contributed by atoms with E-state index in [1.54, 1.807) is 0 Å². The van der Waals surface area contributed by atoms with E-state index >= 15 is 0 Å².